The second-order valence-corrected chi connectivity index (χ2v) is 17.4. The fourth-order valence-corrected chi connectivity index (χ4v) is 7.51. The first kappa shape index (κ1) is 46.4. The van der Waals surface area contributed by atoms with Crippen LogP contribution in [0.5, 0.6) is 0 Å². The van der Waals surface area contributed by atoms with Crippen LogP contribution >= 0.6 is 0 Å². The molecule has 0 heterocycles. The van der Waals surface area contributed by atoms with Crippen LogP contribution in [0.3, 0.4) is 0 Å². The Morgan fingerprint density at radius 3 is 1.47 bits per heavy atom. The van der Waals surface area contributed by atoms with Crippen LogP contribution in [0.15, 0.2) is 175 Å². The summed E-state index contributed by atoms with van der Waals surface area (Å²) in [5, 5.41) is 8.88. The smallest absolute Gasteiger partial charge is 0.298 e. The number of aryl methyl sites for hydroxylation is 1. The molecular formula is C52H54N6O5S. The van der Waals surface area contributed by atoms with Gasteiger partial charge in [0, 0.05) is 24.2 Å². The molecule has 0 spiro atoms. The number of carbonyl (C=O) groups excluding carboxylic acids is 2. The van der Waals surface area contributed by atoms with Gasteiger partial charge in [-0.15, -0.1) is 0 Å². The lowest BCUT2D eigenvalue weighted by atomic mass is 10.0. The molecule has 0 bridgehead atoms. The summed E-state index contributed by atoms with van der Waals surface area (Å²) >= 11 is 0. The van der Waals surface area contributed by atoms with Crippen molar-refractivity contribution in [2.75, 3.05) is 56.6 Å². The molecule has 0 radical (unpaired) electrons. The summed E-state index contributed by atoms with van der Waals surface area (Å²) in [7, 11) is 4.07. The van der Waals surface area contributed by atoms with E-state index in [4.69, 9.17) is 9.92 Å². The maximum Gasteiger partial charge on any atom is 0.298 e. The first-order valence-electron chi connectivity index (χ1n) is 20.7. The molecule has 0 saturated carbocycles. The average molecular weight is 875 g/mol. The minimum Gasteiger partial charge on any atom is -0.397 e. The molecule has 2 amide bonds. The van der Waals surface area contributed by atoms with Crippen LogP contribution in [0.4, 0.5) is 22.7 Å². The van der Waals surface area contributed by atoms with Crippen molar-refractivity contribution >= 4 is 44.7 Å². The second-order valence-electron chi connectivity index (χ2n) is 15.8. The summed E-state index contributed by atoms with van der Waals surface area (Å²) in [4.78, 5) is 29.9. The van der Waals surface area contributed by atoms with Gasteiger partial charge in [-0.3, -0.25) is 9.59 Å². The highest BCUT2D eigenvalue weighted by molar-refractivity contribution is 7.86. The fourth-order valence-electron chi connectivity index (χ4n) is 6.69. The monoisotopic (exact) mass is 874 g/mol. The summed E-state index contributed by atoms with van der Waals surface area (Å²) in [6.45, 7) is 3.20. The number of nitrogen functional groups attached to an aromatic ring is 1. The van der Waals surface area contributed by atoms with E-state index in [2.05, 4.69) is 25.8 Å². The molecule has 0 aliphatic carbocycles. The zero-order valence-corrected chi connectivity index (χ0v) is 37.5. The molecule has 7 aromatic carbocycles. The van der Waals surface area contributed by atoms with Crippen LogP contribution in [0.1, 0.15) is 37.4 Å². The number of nitrogens with zero attached hydrogens (tertiary/aromatic N) is 2. The van der Waals surface area contributed by atoms with Crippen LogP contribution < -0.4 is 21.7 Å². The molecule has 12 heteroatoms. The highest BCUT2D eigenvalue weighted by Gasteiger charge is 2.17. The molecule has 64 heavy (non-hydrogen) atoms. The third kappa shape index (κ3) is 13.2. The molecule has 0 atom stereocenters. The highest BCUT2D eigenvalue weighted by atomic mass is 32.2. The molecule has 0 aliphatic rings. The maximum atomic E-state index is 13.1. The number of anilines is 4. The Balaban J connectivity index is 0.000000228. The van der Waals surface area contributed by atoms with Gasteiger partial charge in [0.05, 0.1) is 27.6 Å². The van der Waals surface area contributed by atoms with E-state index in [0.29, 0.717) is 33.9 Å². The van der Waals surface area contributed by atoms with Gasteiger partial charge in [-0.25, -0.2) is 4.18 Å². The predicted octanol–water partition coefficient (Wildman–Crippen LogP) is 10.0. The lowest BCUT2D eigenvalue weighted by Crippen LogP contribution is -2.17. The lowest BCUT2D eigenvalue weighted by Gasteiger charge is -2.16. The Labute approximate surface area is 376 Å². The molecule has 0 saturated heterocycles. The standard InChI is InChI=1S/C30H31N3O4S.C22H23N3O/c1-22-9-16-27(17-10-22)38(35,36)37-21-31-28-18-15-26(24-7-5-4-6-8-24)19-29(28)32-30(34)25-13-11-23(12-14-25)20-33(2)3;1-25(2)15-16-8-10-18(11-9-16)22(26)24-21-14-19(12-13-20(21)23)17-6-4-3-5-7-17/h4-19,31H,20-21H2,1-3H3,(H,32,34);3-14H,15,23H2,1-2H3,(H,24,26). The van der Waals surface area contributed by atoms with E-state index in [1.807, 2.05) is 163 Å². The topological polar surface area (TPSA) is 146 Å². The van der Waals surface area contributed by atoms with Gasteiger partial charge in [0.1, 0.15) is 6.73 Å². The van der Waals surface area contributed by atoms with Crippen molar-refractivity contribution in [1.29, 1.82) is 0 Å². The number of hydrogen-bond donors (Lipinski definition) is 4. The summed E-state index contributed by atoms with van der Waals surface area (Å²) < 4.78 is 30.4. The van der Waals surface area contributed by atoms with Gasteiger partial charge >= 0.3 is 0 Å². The van der Waals surface area contributed by atoms with Crippen LogP contribution in [-0.4, -0.2) is 65.0 Å². The van der Waals surface area contributed by atoms with Crippen molar-refractivity contribution in [3.05, 3.63) is 198 Å². The van der Waals surface area contributed by atoms with Crippen LogP contribution in [0, 0.1) is 6.92 Å². The third-order valence-corrected chi connectivity index (χ3v) is 11.3. The number of nitrogens with one attached hydrogen (secondary N) is 3. The summed E-state index contributed by atoms with van der Waals surface area (Å²) in [5.41, 5.74) is 16.6. The van der Waals surface area contributed by atoms with Crippen molar-refractivity contribution in [3.8, 4) is 22.3 Å². The van der Waals surface area contributed by atoms with E-state index in [-0.39, 0.29) is 23.4 Å². The van der Waals surface area contributed by atoms with Crippen molar-refractivity contribution in [1.82, 2.24) is 9.80 Å². The molecule has 0 fully saturated rings. The molecule has 7 rings (SSSR count). The fraction of sp³-hybridized carbons (Fsp3) is 0.154. The van der Waals surface area contributed by atoms with Gasteiger partial charge in [0.25, 0.3) is 21.9 Å². The predicted molar refractivity (Wildman–Crippen MR) is 260 cm³/mol. The molecule has 0 aromatic heterocycles. The van der Waals surface area contributed by atoms with Gasteiger partial charge in [-0.05, 0) is 129 Å². The van der Waals surface area contributed by atoms with E-state index in [0.717, 1.165) is 52.0 Å². The first-order chi connectivity index (χ1) is 30.7. The SMILES string of the molecule is CN(C)Cc1ccc(C(=O)Nc2cc(-c3ccccc3)ccc2N)cc1.Cc1ccc(S(=O)(=O)OCNc2ccc(-c3ccccc3)cc2NC(=O)c2ccc(CN(C)C)cc2)cc1. The van der Waals surface area contributed by atoms with Gasteiger partial charge in [0.15, 0.2) is 0 Å². The summed E-state index contributed by atoms with van der Waals surface area (Å²) in [6.07, 6.45) is 0. The minimum absolute atomic E-state index is 0.0792. The number of amides is 2. The lowest BCUT2D eigenvalue weighted by molar-refractivity contribution is 0.101. The van der Waals surface area contributed by atoms with Crippen molar-refractivity contribution in [2.24, 2.45) is 0 Å². The van der Waals surface area contributed by atoms with Crippen molar-refractivity contribution in [3.63, 3.8) is 0 Å². The molecule has 0 aliphatic heterocycles. The molecule has 7 aromatic rings. The van der Waals surface area contributed by atoms with E-state index < -0.39 is 10.1 Å². The summed E-state index contributed by atoms with van der Waals surface area (Å²) in [5.74, 6) is -0.443. The summed E-state index contributed by atoms with van der Waals surface area (Å²) in [6, 6.07) is 52.5. The van der Waals surface area contributed by atoms with Crippen LogP contribution in [0.25, 0.3) is 22.3 Å². The number of benzene rings is 7. The Hall–Kier alpha value is -7.09. The van der Waals surface area contributed by atoms with Gasteiger partial charge in [0.2, 0.25) is 0 Å². The van der Waals surface area contributed by atoms with E-state index >= 15 is 0 Å². The number of hydrogen-bond acceptors (Lipinski definition) is 9. The molecule has 328 valence electrons. The zero-order valence-electron chi connectivity index (χ0n) is 36.7. The quantitative estimate of drug-likeness (QED) is 0.0449. The van der Waals surface area contributed by atoms with Gasteiger partial charge < -0.3 is 31.5 Å². The van der Waals surface area contributed by atoms with Crippen molar-refractivity contribution in [2.45, 2.75) is 24.9 Å². The Bertz CT molecular complexity index is 2750. The average Bonchev–Trinajstić information content (AvgIpc) is 3.28. The normalized spacial score (nSPS) is 11.1. The third-order valence-electron chi connectivity index (χ3n) is 10.00. The second kappa shape index (κ2) is 21.8. The molecule has 5 N–H and O–H groups in total. The first-order valence-corrected chi connectivity index (χ1v) is 22.1. The van der Waals surface area contributed by atoms with E-state index in [1.165, 1.54) is 12.1 Å². The molecule has 0 unspecified atom stereocenters. The molecular weight excluding hydrogens is 821 g/mol. The van der Waals surface area contributed by atoms with E-state index in [9.17, 15) is 18.0 Å². The minimum atomic E-state index is -3.94. The number of nitrogens with two attached hydrogens (primary N) is 1. The Morgan fingerprint density at radius 1 is 0.531 bits per heavy atom. The highest BCUT2D eigenvalue weighted by Crippen LogP contribution is 2.31. The largest absolute Gasteiger partial charge is 0.397 e. The van der Waals surface area contributed by atoms with E-state index in [1.54, 1.807) is 30.3 Å². The van der Waals surface area contributed by atoms with Crippen LogP contribution in [-0.2, 0) is 27.4 Å². The van der Waals surface area contributed by atoms with Gasteiger partial charge in [-0.1, -0.05) is 115 Å². The Morgan fingerprint density at radius 2 is 0.984 bits per heavy atom. The zero-order chi connectivity index (χ0) is 45.6. The number of rotatable bonds is 15. The van der Waals surface area contributed by atoms with Crippen LogP contribution in [0.2, 0.25) is 0 Å². The Kier molecular flexibility index (Phi) is 15.8. The van der Waals surface area contributed by atoms with Gasteiger partial charge in [-0.2, -0.15) is 8.42 Å². The maximum absolute atomic E-state index is 13.1. The molecule has 11 nitrogen and oxygen atoms in total. The van der Waals surface area contributed by atoms with Crippen molar-refractivity contribution < 1.29 is 22.2 Å². The number of carbonyl (C=O) groups is 2.